The summed E-state index contributed by atoms with van der Waals surface area (Å²) < 4.78 is 3.88. The van der Waals surface area contributed by atoms with Gasteiger partial charge in [0.15, 0.2) is 0 Å². The van der Waals surface area contributed by atoms with Crippen LogP contribution in [0.1, 0.15) is 9.75 Å². The largest absolute Gasteiger partial charge is 0.144 e. The lowest BCUT2D eigenvalue weighted by atomic mass is 10.3. The van der Waals surface area contributed by atoms with E-state index in [4.69, 9.17) is 12.2 Å². The van der Waals surface area contributed by atoms with E-state index in [1.54, 1.807) is 22.7 Å². The summed E-state index contributed by atoms with van der Waals surface area (Å²) in [4.78, 5) is 8.89. The first-order valence-electron chi connectivity index (χ1n) is 6.07. The predicted molar refractivity (Wildman–Crippen MR) is 103 cm³/mol. The smallest absolute Gasteiger partial charge is 0.137 e. The molecular weight excluding hydrogens is 381 g/mol. The van der Waals surface area contributed by atoms with E-state index in [1.807, 2.05) is 46.2 Å². The summed E-state index contributed by atoms with van der Waals surface area (Å²) in [6.07, 6.45) is 0. The van der Waals surface area contributed by atoms with Gasteiger partial charge in [-0.2, -0.15) is 0 Å². The van der Waals surface area contributed by atoms with Crippen molar-refractivity contribution in [1.29, 1.82) is 0 Å². The fourth-order valence-electron chi connectivity index (χ4n) is 2.30. The van der Waals surface area contributed by atoms with Crippen LogP contribution in [0.2, 0.25) is 0 Å². The minimum absolute atomic E-state index is 1.05. The molecule has 0 saturated carbocycles. The van der Waals surface area contributed by atoms with E-state index < -0.39 is 0 Å². The van der Waals surface area contributed by atoms with E-state index in [0.29, 0.717) is 0 Å². The molecule has 0 atom stereocenters. The number of hydrogen-bond donors (Lipinski definition) is 0. The SMILES string of the molecule is Cc1sc(-c2sc(C)c3sc(=S)sc23)c2c1SCCS2. The van der Waals surface area contributed by atoms with Gasteiger partial charge in [-0.25, -0.2) is 0 Å². The minimum atomic E-state index is 1.05. The van der Waals surface area contributed by atoms with Crippen LogP contribution in [0.25, 0.3) is 19.2 Å². The van der Waals surface area contributed by atoms with E-state index in [9.17, 15) is 0 Å². The van der Waals surface area contributed by atoms with Gasteiger partial charge in [0.2, 0.25) is 0 Å². The first-order chi connectivity index (χ1) is 9.65. The highest BCUT2D eigenvalue weighted by Gasteiger charge is 2.24. The van der Waals surface area contributed by atoms with Crippen LogP contribution in [0.3, 0.4) is 0 Å². The summed E-state index contributed by atoms with van der Waals surface area (Å²) in [5.41, 5.74) is 0. The van der Waals surface area contributed by atoms with Gasteiger partial charge >= 0.3 is 0 Å². The van der Waals surface area contributed by atoms with Crippen LogP contribution in [0.5, 0.6) is 0 Å². The Morgan fingerprint density at radius 2 is 1.40 bits per heavy atom. The first-order valence-corrected chi connectivity index (χ1v) is 11.7. The third-order valence-electron chi connectivity index (χ3n) is 3.13. The van der Waals surface area contributed by atoms with Gasteiger partial charge in [-0.3, -0.25) is 0 Å². The first kappa shape index (κ1) is 14.2. The molecule has 3 aromatic heterocycles. The van der Waals surface area contributed by atoms with Gasteiger partial charge in [0.25, 0.3) is 0 Å². The standard InChI is InChI=1S/C13H10S7/c1-5-7-9(16-4-3-15-7)11(17-5)12-10-8(6(2)18-12)19-13(14)20-10/h3-4H2,1-2H3. The second-order valence-corrected chi connectivity index (χ2v) is 12.3. The Labute approximate surface area is 147 Å². The van der Waals surface area contributed by atoms with Crippen LogP contribution in [0.4, 0.5) is 0 Å². The summed E-state index contributed by atoms with van der Waals surface area (Å²) >= 11 is 16.9. The maximum absolute atomic E-state index is 5.40. The van der Waals surface area contributed by atoms with Crippen molar-refractivity contribution in [3.8, 4) is 9.75 Å². The molecule has 104 valence electrons. The van der Waals surface area contributed by atoms with Crippen LogP contribution < -0.4 is 0 Å². The molecule has 0 aliphatic carbocycles. The highest BCUT2D eigenvalue weighted by atomic mass is 32.2. The van der Waals surface area contributed by atoms with Crippen LogP contribution in [-0.2, 0) is 0 Å². The van der Waals surface area contributed by atoms with E-state index in [2.05, 4.69) is 13.8 Å². The van der Waals surface area contributed by atoms with E-state index in [0.717, 1.165) is 3.14 Å². The van der Waals surface area contributed by atoms with Crippen LogP contribution >= 0.6 is 81.1 Å². The van der Waals surface area contributed by atoms with Crippen LogP contribution in [-0.4, -0.2) is 11.5 Å². The molecule has 1 aliphatic heterocycles. The quantitative estimate of drug-likeness (QED) is 0.400. The molecule has 7 heteroatoms. The lowest BCUT2D eigenvalue weighted by molar-refractivity contribution is 1.24. The molecule has 4 heterocycles. The Hall–Kier alpha value is 0.630. The van der Waals surface area contributed by atoms with Crippen molar-refractivity contribution in [2.75, 3.05) is 11.5 Å². The zero-order chi connectivity index (χ0) is 13.9. The van der Waals surface area contributed by atoms with Crippen molar-refractivity contribution in [1.82, 2.24) is 0 Å². The van der Waals surface area contributed by atoms with Crippen molar-refractivity contribution in [3.05, 3.63) is 12.9 Å². The zero-order valence-corrected chi connectivity index (χ0v) is 16.5. The second kappa shape index (κ2) is 5.37. The topological polar surface area (TPSA) is 0 Å². The fraction of sp³-hybridized carbons (Fsp3) is 0.308. The van der Waals surface area contributed by atoms with Crippen LogP contribution in [0, 0.1) is 17.0 Å². The molecule has 0 saturated heterocycles. The third-order valence-corrected chi connectivity index (χ3v) is 11.5. The molecule has 0 spiro atoms. The summed E-state index contributed by atoms with van der Waals surface area (Å²) in [5, 5.41) is 0. The number of thiophene rings is 2. The molecule has 0 fully saturated rings. The van der Waals surface area contributed by atoms with Crippen molar-refractivity contribution >= 4 is 90.5 Å². The lowest BCUT2D eigenvalue weighted by Crippen LogP contribution is -1.92. The van der Waals surface area contributed by atoms with Crippen molar-refractivity contribution in [2.45, 2.75) is 23.6 Å². The molecular formula is C13H10S7. The molecule has 0 bridgehead atoms. The number of aryl methyl sites for hydroxylation is 2. The summed E-state index contributed by atoms with van der Waals surface area (Å²) in [6, 6.07) is 0. The summed E-state index contributed by atoms with van der Waals surface area (Å²) in [6.45, 7) is 4.49. The predicted octanol–water partition coefficient (Wildman–Crippen LogP) is 7.30. The maximum Gasteiger partial charge on any atom is 0.144 e. The van der Waals surface area contributed by atoms with Gasteiger partial charge in [0.05, 0.1) is 19.2 Å². The molecule has 0 radical (unpaired) electrons. The van der Waals surface area contributed by atoms with Gasteiger partial charge in [-0.05, 0) is 13.8 Å². The Kier molecular flexibility index (Phi) is 3.82. The summed E-state index contributed by atoms with van der Waals surface area (Å²) in [5.74, 6) is 2.47. The van der Waals surface area contributed by atoms with Crippen molar-refractivity contribution < 1.29 is 0 Å². The molecule has 0 N–H and O–H groups in total. The Balaban J connectivity index is 2.02. The maximum atomic E-state index is 5.40. The molecule has 0 unspecified atom stereocenters. The van der Waals surface area contributed by atoms with E-state index in [1.165, 1.54) is 50.2 Å². The highest BCUT2D eigenvalue weighted by molar-refractivity contribution is 8.06. The number of thioether (sulfide) groups is 2. The molecule has 0 amide bonds. The second-order valence-electron chi connectivity index (χ2n) is 4.44. The fourth-order valence-corrected chi connectivity index (χ4v) is 10.7. The monoisotopic (exact) mass is 390 g/mol. The molecule has 20 heavy (non-hydrogen) atoms. The molecule has 0 nitrogen and oxygen atoms in total. The van der Waals surface area contributed by atoms with Crippen molar-refractivity contribution in [2.24, 2.45) is 0 Å². The number of fused-ring (bicyclic) bond motifs is 2. The normalized spacial score (nSPS) is 14.9. The molecule has 0 aromatic carbocycles. The minimum Gasteiger partial charge on any atom is -0.137 e. The number of rotatable bonds is 1. The molecule has 4 rings (SSSR count). The van der Waals surface area contributed by atoms with E-state index >= 15 is 0 Å². The van der Waals surface area contributed by atoms with Gasteiger partial charge in [-0.1, -0.05) is 12.2 Å². The average Bonchev–Trinajstić information content (AvgIpc) is 3.05. The van der Waals surface area contributed by atoms with Gasteiger partial charge in [-0.15, -0.1) is 68.9 Å². The highest BCUT2D eigenvalue weighted by Crippen LogP contribution is 2.54. The third kappa shape index (κ3) is 2.17. The Bertz CT molecular complexity index is 857. The Morgan fingerprint density at radius 1 is 0.750 bits per heavy atom. The summed E-state index contributed by atoms with van der Waals surface area (Å²) in [7, 11) is 0. The Morgan fingerprint density at radius 3 is 2.20 bits per heavy atom. The van der Waals surface area contributed by atoms with Crippen molar-refractivity contribution in [3.63, 3.8) is 0 Å². The molecule has 1 aliphatic rings. The van der Waals surface area contributed by atoms with Gasteiger partial charge in [0.1, 0.15) is 3.14 Å². The zero-order valence-electron chi connectivity index (χ0n) is 10.8. The lowest BCUT2D eigenvalue weighted by Gasteiger charge is -2.12. The molecule has 3 aromatic rings. The van der Waals surface area contributed by atoms with Crippen LogP contribution in [0.15, 0.2) is 9.79 Å². The van der Waals surface area contributed by atoms with E-state index in [-0.39, 0.29) is 0 Å². The average molecular weight is 391 g/mol. The van der Waals surface area contributed by atoms with Gasteiger partial charge < -0.3 is 0 Å². The number of hydrogen-bond acceptors (Lipinski definition) is 7. The van der Waals surface area contributed by atoms with Gasteiger partial charge in [0, 0.05) is 31.1 Å².